The van der Waals surface area contributed by atoms with Gasteiger partial charge in [0.05, 0.1) is 0 Å². The summed E-state index contributed by atoms with van der Waals surface area (Å²) in [6.07, 6.45) is 86.9. The molecule has 0 aromatic rings. The smallest absolute Gasteiger partial charge is 0.306 e. The Hall–Kier alpha value is -4.97. The number of hydrogen-bond donors (Lipinski definition) is 0. The lowest BCUT2D eigenvalue weighted by Crippen LogP contribution is -2.30. The second-order valence-electron chi connectivity index (χ2n) is 18.4. The predicted octanol–water partition coefficient (Wildman–Crippen LogP) is 19.8. The van der Waals surface area contributed by atoms with E-state index in [1.165, 1.54) is 70.6 Å². The fourth-order valence-corrected chi connectivity index (χ4v) is 7.25. The van der Waals surface area contributed by atoms with E-state index < -0.39 is 12.1 Å². The fraction of sp³-hybridized carbons (Fsp3) is 0.567. The average molecular weight is 1010 g/mol. The zero-order chi connectivity index (χ0) is 52.9. The van der Waals surface area contributed by atoms with Crippen molar-refractivity contribution in [3.05, 3.63) is 158 Å². The van der Waals surface area contributed by atoms with E-state index in [-0.39, 0.29) is 38.0 Å². The van der Waals surface area contributed by atoms with Crippen molar-refractivity contribution < 1.29 is 28.6 Å². The maximum absolute atomic E-state index is 12.8. The van der Waals surface area contributed by atoms with Crippen LogP contribution in [0, 0.1) is 0 Å². The number of rotatable bonds is 50. The minimum atomic E-state index is -0.859. The maximum atomic E-state index is 12.8. The van der Waals surface area contributed by atoms with Crippen molar-refractivity contribution in [2.45, 2.75) is 232 Å². The molecule has 0 heterocycles. The van der Waals surface area contributed by atoms with Crippen LogP contribution < -0.4 is 0 Å². The molecule has 1 unspecified atom stereocenters. The quantitative estimate of drug-likeness (QED) is 0.0261. The molecule has 0 aliphatic rings. The predicted molar refractivity (Wildman–Crippen MR) is 315 cm³/mol. The fourth-order valence-electron chi connectivity index (χ4n) is 7.25. The van der Waals surface area contributed by atoms with Gasteiger partial charge in [-0.25, -0.2) is 0 Å². The Labute approximate surface area is 448 Å². The minimum absolute atomic E-state index is 0.141. The number of esters is 3. The van der Waals surface area contributed by atoms with Gasteiger partial charge in [-0.1, -0.05) is 243 Å². The molecule has 6 heteroatoms. The van der Waals surface area contributed by atoms with Gasteiger partial charge in [-0.05, 0) is 122 Å². The highest BCUT2D eigenvalue weighted by molar-refractivity contribution is 5.71. The van der Waals surface area contributed by atoms with E-state index in [0.29, 0.717) is 19.3 Å². The van der Waals surface area contributed by atoms with Gasteiger partial charge in [0.2, 0.25) is 0 Å². The third-order valence-electron chi connectivity index (χ3n) is 11.5. The molecule has 0 radical (unpaired) electrons. The molecular formula is C67H104O6. The molecule has 0 rings (SSSR count). The molecule has 0 aliphatic heterocycles. The molecule has 0 aromatic heterocycles. The lowest BCUT2D eigenvalue weighted by atomic mass is 10.1. The standard InChI is InChI=1S/C67H104O6/c1-4-7-10-13-16-19-22-25-27-29-31-32-33-34-36-37-39-42-45-48-51-54-57-60-66(69)72-63-64(62-71-65(68)59-56-53-50-47-44-41-24-21-18-15-12-9-6-3)73-67(70)61-58-55-52-49-46-43-40-38-35-30-28-26-23-20-17-14-11-8-5-2/h8-9,11-12,17-18,20-22,25-26,28-29,31,33-35,38,41,43-44,46,50,52-53,55,64H,4-7,10,13-16,19,23-24,27,30,32,36-37,39-40,42,45,47-49,51,54,56-63H2,1-3H3/b11-8-,12-9-,20-17-,21-18-,25-22-,28-26-,31-29-,34-33-,38-35-,44-41-,46-43-,53-50-,55-52-. The molecule has 0 saturated carbocycles. The first-order valence-electron chi connectivity index (χ1n) is 29.0. The first-order valence-corrected chi connectivity index (χ1v) is 29.0. The van der Waals surface area contributed by atoms with Crippen LogP contribution in [-0.4, -0.2) is 37.2 Å². The molecule has 0 aromatic carbocycles. The normalized spacial score (nSPS) is 13.3. The second-order valence-corrected chi connectivity index (χ2v) is 18.4. The van der Waals surface area contributed by atoms with Gasteiger partial charge in [0.1, 0.15) is 13.2 Å². The Bertz CT molecular complexity index is 1670. The third kappa shape index (κ3) is 57.8. The van der Waals surface area contributed by atoms with Gasteiger partial charge in [0.25, 0.3) is 0 Å². The van der Waals surface area contributed by atoms with E-state index in [4.69, 9.17) is 14.2 Å². The molecule has 0 aliphatic carbocycles. The van der Waals surface area contributed by atoms with Crippen LogP contribution in [0.2, 0.25) is 0 Å². The first kappa shape index (κ1) is 68.0. The van der Waals surface area contributed by atoms with Crippen LogP contribution in [0.4, 0.5) is 0 Å². The molecular weight excluding hydrogens is 901 g/mol. The Morgan fingerprint density at radius 3 is 0.918 bits per heavy atom. The van der Waals surface area contributed by atoms with Crippen LogP contribution in [-0.2, 0) is 28.6 Å². The number of allylic oxidation sites excluding steroid dienone is 26. The van der Waals surface area contributed by atoms with Gasteiger partial charge in [-0.3, -0.25) is 14.4 Å². The Morgan fingerprint density at radius 2 is 0.562 bits per heavy atom. The van der Waals surface area contributed by atoms with E-state index in [2.05, 4.69) is 154 Å². The molecule has 408 valence electrons. The van der Waals surface area contributed by atoms with Crippen LogP contribution in [0.3, 0.4) is 0 Å². The van der Waals surface area contributed by atoms with Crippen LogP contribution in [0.5, 0.6) is 0 Å². The third-order valence-corrected chi connectivity index (χ3v) is 11.5. The molecule has 0 N–H and O–H groups in total. The number of unbranched alkanes of at least 4 members (excludes halogenated alkanes) is 13. The number of hydrogen-bond acceptors (Lipinski definition) is 6. The zero-order valence-electron chi connectivity index (χ0n) is 46.6. The maximum Gasteiger partial charge on any atom is 0.306 e. The molecule has 0 spiro atoms. The monoisotopic (exact) mass is 1000 g/mol. The lowest BCUT2D eigenvalue weighted by Gasteiger charge is -2.18. The van der Waals surface area contributed by atoms with E-state index in [0.717, 1.165) is 103 Å². The van der Waals surface area contributed by atoms with Crippen molar-refractivity contribution in [3.8, 4) is 0 Å². The largest absolute Gasteiger partial charge is 0.462 e. The minimum Gasteiger partial charge on any atom is -0.462 e. The molecule has 1 atom stereocenters. The van der Waals surface area contributed by atoms with Crippen LogP contribution in [0.25, 0.3) is 0 Å². The Morgan fingerprint density at radius 1 is 0.288 bits per heavy atom. The number of carbonyl (C=O) groups excluding carboxylic acids is 3. The summed E-state index contributed by atoms with van der Waals surface area (Å²) in [5.74, 6) is -1.13. The first-order chi connectivity index (χ1) is 36.0. The summed E-state index contributed by atoms with van der Waals surface area (Å²) < 4.78 is 16.7. The topological polar surface area (TPSA) is 78.9 Å². The van der Waals surface area contributed by atoms with Crippen LogP contribution in [0.15, 0.2) is 158 Å². The van der Waals surface area contributed by atoms with E-state index in [1.807, 2.05) is 24.3 Å². The highest BCUT2D eigenvalue weighted by Crippen LogP contribution is 2.13. The van der Waals surface area contributed by atoms with Crippen molar-refractivity contribution in [2.75, 3.05) is 13.2 Å². The van der Waals surface area contributed by atoms with E-state index >= 15 is 0 Å². The molecule has 0 fully saturated rings. The van der Waals surface area contributed by atoms with E-state index in [9.17, 15) is 14.4 Å². The summed E-state index contributed by atoms with van der Waals surface area (Å²) in [4.78, 5) is 38.1. The van der Waals surface area contributed by atoms with Crippen molar-refractivity contribution >= 4 is 17.9 Å². The molecule has 0 saturated heterocycles. The summed E-state index contributed by atoms with van der Waals surface area (Å²) in [5.41, 5.74) is 0. The summed E-state index contributed by atoms with van der Waals surface area (Å²) >= 11 is 0. The highest BCUT2D eigenvalue weighted by Gasteiger charge is 2.19. The number of ether oxygens (including phenoxy) is 3. The lowest BCUT2D eigenvalue weighted by molar-refractivity contribution is -0.166. The van der Waals surface area contributed by atoms with Gasteiger partial charge in [0, 0.05) is 19.3 Å². The summed E-state index contributed by atoms with van der Waals surface area (Å²) in [7, 11) is 0. The molecule has 73 heavy (non-hydrogen) atoms. The van der Waals surface area contributed by atoms with Crippen molar-refractivity contribution in [3.63, 3.8) is 0 Å². The summed E-state index contributed by atoms with van der Waals surface area (Å²) in [5, 5.41) is 0. The SMILES string of the molecule is CC/C=C\C/C=C\C/C=C\C/C=C\C/C=C\C/C=C\CCC(=O)OC(COC(=O)CC/C=C\C/C=C\C/C=C\C/C=C\CC)COC(=O)CCCCCCCCCC/C=C\C/C=C\C/C=C\CCCCCCC. The average Bonchev–Trinajstić information content (AvgIpc) is 3.39. The Balaban J connectivity index is 4.55. The zero-order valence-corrected chi connectivity index (χ0v) is 46.6. The van der Waals surface area contributed by atoms with Crippen molar-refractivity contribution in [1.82, 2.24) is 0 Å². The summed E-state index contributed by atoms with van der Waals surface area (Å²) in [6.45, 7) is 6.25. The highest BCUT2D eigenvalue weighted by atomic mass is 16.6. The van der Waals surface area contributed by atoms with E-state index in [1.54, 1.807) is 0 Å². The van der Waals surface area contributed by atoms with Crippen molar-refractivity contribution in [2.24, 2.45) is 0 Å². The molecule has 0 amide bonds. The molecule has 0 bridgehead atoms. The van der Waals surface area contributed by atoms with Crippen LogP contribution >= 0.6 is 0 Å². The van der Waals surface area contributed by atoms with Gasteiger partial charge >= 0.3 is 17.9 Å². The van der Waals surface area contributed by atoms with Gasteiger partial charge < -0.3 is 14.2 Å². The summed E-state index contributed by atoms with van der Waals surface area (Å²) in [6, 6.07) is 0. The van der Waals surface area contributed by atoms with Gasteiger partial charge in [0.15, 0.2) is 6.10 Å². The Kier molecular flexibility index (Phi) is 55.5. The molecule has 6 nitrogen and oxygen atoms in total. The second kappa shape index (κ2) is 59.6. The van der Waals surface area contributed by atoms with Gasteiger partial charge in [-0.15, -0.1) is 0 Å². The van der Waals surface area contributed by atoms with Gasteiger partial charge in [-0.2, -0.15) is 0 Å². The van der Waals surface area contributed by atoms with Crippen LogP contribution in [0.1, 0.15) is 226 Å². The number of carbonyl (C=O) groups is 3. The van der Waals surface area contributed by atoms with Crippen molar-refractivity contribution in [1.29, 1.82) is 0 Å².